The van der Waals surface area contributed by atoms with Crippen LogP contribution in [0.25, 0.3) is 0 Å². The van der Waals surface area contributed by atoms with Gasteiger partial charge in [-0.3, -0.25) is 4.79 Å². The van der Waals surface area contributed by atoms with Crippen LogP contribution in [0.4, 0.5) is 0 Å². The third kappa shape index (κ3) is 5.44. The molecule has 0 aliphatic heterocycles. The number of hydrogen-bond acceptors (Lipinski definition) is 3. The number of thioether (sulfide) groups is 1. The maximum absolute atomic E-state index is 13.0. The number of carbonyl (C=O) groups is 1. The van der Waals surface area contributed by atoms with Gasteiger partial charge in [0.25, 0.3) is 0 Å². The van der Waals surface area contributed by atoms with Gasteiger partial charge in [0.2, 0.25) is 5.91 Å². The molecule has 0 aromatic heterocycles. The zero-order valence-electron chi connectivity index (χ0n) is 15.6. The molecule has 1 amide bonds. The van der Waals surface area contributed by atoms with Crippen LogP contribution in [0.2, 0.25) is 0 Å². The van der Waals surface area contributed by atoms with E-state index in [9.17, 15) is 4.79 Å². The van der Waals surface area contributed by atoms with Crippen molar-refractivity contribution in [3.05, 3.63) is 102 Å². The van der Waals surface area contributed by atoms with Crippen LogP contribution in [0.1, 0.15) is 22.6 Å². The second-order valence-corrected chi connectivity index (χ2v) is 7.56. The molecule has 28 heavy (non-hydrogen) atoms. The summed E-state index contributed by atoms with van der Waals surface area (Å²) in [6.07, 6.45) is 2.05. The Bertz CT molecular complexity index is 873. The highest BCUT2D eigenvalue weighted by Gasteiger charge is 2.23. The molecule has 2 N–H and O–H groups in total. The van der Waals surface area contributed by atoms with Crippen LogP contribution in [-0.2, 0) is 11.3 Å². The Morgan fingerprint density at radius 3 is 1.93 bits per heavy atom. The van der Waals surface area contributed by atoms with Gasteiger partial charge in [-0.05, 0) is 47.3 Å². The SMILES string of the molecule is CSc1ccc(CNC(=S)NC(=O)C(c2ccccc2)c2ccccc2)cc1. The molecule has 0 bridgehead atoms. The fourth-order valence-corrected chi connectivity index (χ4v) is 3.52. The Kier molecular flexibility index (Phi) is 7.23. The number of carbonyl (C=O) groups excluding carboxylic acids is 1. The van der Waals surface area contributed by atoms with Gasteiger partial charge in [0.15, 0.2) is 5.11 Å². The minimum Gasteiger partial charge on any atom is -0.358 e. The van der Waals surface area contributed by atoms with Crippen LogP contribution < -0.4 is 10.6 Å². The maximum atomic E-state index is 13.0. The normalized spacial score (nSPS) is 10.5. The fraction of sp³-hybridized carbons (Fsp3) is 0.130. The first-order valence-corrected chi connectivity index (χ1v) is 10.6. The molecule has 0 spiro atoms. The van der Waals surface area contributed by atoms with Crippen molar-refractivity contribution < 1.29 is 4.79 Å². The Hall–Kier alpha value is -2.63. The van der Waals surface area contributed by atoms with Crippen LogP contribution in [-0.4, -0.2) is 17.3 Å². The van der Waals surface area contributed by atoms with E-state index in [2.05, 4.69) is 34.9 Å². The average molecular weight is 407 g/mol. The lowest BCUT2D eigenvalue weighted by Crippen LogP contribution is -2.41. The molecular weight excluding hydrogens is 384 g/mol. The first-order chi connectivity index (χ1) is 13.7. The van der Waals surface area contributed by atoms with Crippen molar-refractivity contribution in [2.24, 2.45) is 0 Å². The van der Waals surface area contributed by atoms with Gasteiger partial charge < -0.3 is 10.6 Å². The van der Waals surface area contributed by atoms with Gasteiger partial charge in [0.1, 0.15) is 0 Å². The lowest BCUT2D eigenvalue weighted by Gasteiger charge is -2.18. The quantitative estimate of drug-likeness (QED) is 0.459. The van der Waals surface area contributed by atoms with Gasteiger partial charge in [-0.1, -0.05) is 72.8 Å². The zero-order valence-corrected chi connectivity index (χ0v) is 17.2. The van der Waals surface area contributed by atoms with E-state index in [1.165, 1.54) is 4.90 Å². The zero-order chi connectivity index (χ0) is 19.8. The number of benzene rings is 3. The first-order valence-electron chi connectivity index (χ1n) is 8.99. The summed E-state index contributed by atoms with van der Waals surface area (Å²) in [6, 6.07) is 27.7. The van der Waals surface area contributed by atoms with E-state index >= 15 is 0 Å². The molecular formula is C23H22N2OS2. The van der Waals surface area contributed by atoms with Crippen molar-refractivity contribution in [3.63, 3.8) is 0 Å². The van der Waals surface area contributed by atoms with Gasteiger partial charge in [0.05, 0.1) is 5.92 Å². The predicted octanol–water partition coefficient (Wildman–Crippen LogP) is 4.73. The number of rotatable bonds is 6. The van der Waals surface area contributed by atoms with Crippen molar-refractivity contribution in [1.82, 2.24) is 10.6 Å². The minimum atomic E-state index is -0.414. The molecule has 0 fully saturated rings. The van der Waals surface area contributed by atoms with Crippen molar-refractivity contribution in [3.8, 4) is 0 Å². The summed E-state index contributed by atoms with van der Waals surface area (Å²) < 4.78 is 0. The molecule has 0 saturated heterocycles. The highest BCUT2D eigenvalue weighted by molar-refractivity contribution is 7.98. The number of nitrogens with one attached hydrogen (secondary N) is 2. The minimum absolute atomic E-state index is 0.146. The summed E-state index contributed by atoms with van der Waals surface area (Å²) in [4.78, 5) is 14.2. The van der Waals surface area contributed by atoms with Crippen molar-refractivity contribution in [2.75, 3.05) is 6.26 Å². The van der Waals surface area contributed by atoms with Crippen LogP contribution in [0.15, 0.2) is 89.8 Å². The van der Waals surface area contributed by atoms with Crippen LogP contribution in [0.5, 0.6) is 0 Å². The number of amides is 1. The van der Waals surface area contributed by atoms with E-state index in [1.807, 2.05) is 66.9 Å². The molecule has 0 saturated carbocycles. The van der Waals surface area contributed by atoms with Gasteiger partial charge >= 0.3 is 0 Å². The molecule has 3 aromatic rings. The van der Waals surface area contributed by atoms with Crippen molar-refractivity contribution in [1.29, 1.82) is 0 Å². The molecule has 3 rings (SSSR count). The molecule has 0 heterocycles. The second kappa shape index (κ2) is 10.1. The van der Waals surface area contributed by atoms with E-state index in [1.54, 1.807) is 11.8 Å². The molecule has 142 valence electrons. The Balaban J connectivity index is 1.66. The molecule has 0 radical (unpaired) electrons. The van der Waals surface area contributed by atoms with E-state index in [4.69, 9.17) is 12.2 Å². The topological polar surface area (TPSA) is 41.1 Å². The predicted molar refractivity (Wildman–Crippen MR) is 121 cm³/mol. The molecule has 3 nitrogen and oxygen atoms in total. The Labute approximate surface area is 175 Å². The lowest BCUT2D eigenvalue weighted by molar-refractivity contribution is -0.120. The second-order valence-electron chi connectivity index (χ2n) is 6.27. The third-order valence-electron chi connectivity index (χ3n) is 4.38. The van der Waals surface area contributed by atoms with Crippen LogP contribution >= 0.6 is 24.0 Å². The van der Waals surface area contributed by atoms with Crippen LogP contribution in [0, 0.1) is 0 Å². The summed E-state index contributed by atoms with van der Waals surface area (Å²) in [5, 5.41) is 6.29. The van der Waals surface area contributed by atoms with E-state index in [0.717, 1.165) is 16.7 Å². The third-order valence-corrected chi connectivity index (χ3v) is 5.37. The lowest BCUT2D eigenvalue weighted by atomic mass is 9.90. The molecule has 0 atom stereocenters. The molecule has 0 aliphatic rings. The standard InChI is InChI=1S/C23H22N2OS2/c1-28-20-14-12-17(13-15-20)16-24-23(27)25-22(26)21(18-8-4-2-5-9-18)19-10-6-3-7-11-19/h2-15,21H,16H2,1H3,(H2,24,25,26,27). The van der Waals surface area contributed by atoms with Gasteiger partial charge in [-0.2, -0.15) is 0 Å². The summed E-state index contributed by atoms with van der Waals surface area (Å²) in [6.45, 7) is 0.565. The largest absolute Gasteiger partial charge is 0.358 e. The molecule has 0 unspecified atom stereocenters. The van der Waals surface area contributed by atoms with Crippen LogP contribution in [0.3, 0.4) is 0 Å². The van der Waals surface area contributed by atoms with E-state index < -0.39 is 5.92 Å². The summed E-state index contributed by atoms with van der Waals surface area (Å²) >= 11 is 7.06. The Morgan fingerprint density at radius 1 is 0.893 bits per heavy atom. The highest BCUT2D eigenvalue weighted by atomic mass is 32.2. The fourth-order valence-electron chi connectivity index (χ4n) is 2.94. The van der Waals surface area contributed by atoms with Gasteiger partial charge in [-0.25, -0.2) is 0 Å². The van der Waals surface area contributed by atoms with E-state index in [-0.39, 0.29) is 5.91 Å². The maximum Gasteiger partial charge on any atom is 0.238 e. The van der Waals surface area contributed by atoms with Gasteiger partial charge in [0, 0.05) is 11.4 Å². The average Bonchev–Trinajstić information content (AvgIpc) is 2.74. The van der Waals surface area contributed by atoms with Gasteiger partial charge in [-0.15, -0.1) is 11.8 Å². The summed E-state index contributed by atoms with van der Waals surface area (Å²) in [7, 11) is 0. The van der Waals surface area contributed by atoms with E-state index in [0.29, 0.717) is 11.7 Å². The molecule has 5 heteroatoms. The Morgan fingerprint density at radius 2 is 1.43 bits per heavy atom. The smallest absolute Gasteiger partial charge is 0.238 e. The monoisotopic (exact) mass is 406 g/mol. The van der Waals surface area contributed by atoms with Crippen molar-refractivity contribution in [2.45, 2.75) is 17.4 Å². The number of thiocarbonyl (C=S) groups is 1. The first kappa shape index (κ1) is 20.1. The number of hydrogen-bond donors (Lipinski definition) is 2. The van der Waals surface area contributed by atoms with Crippen molar-refractivity contribution >= 4 is 35.0 Å². The molecule has 0 aliphatic carbocycles. The summed E-state index contributed by atoms with van der Waals surface area (Å²) in [5.74, 6) is -0.560. The molecule has 3 aromatic carbocycles. The summed E-state index contributed by atoms with van der Waals surface area (Å²) in [5.41, 5.74) is 2.97. The highest BCUT2D eigenvalue weighted by Crippen LogP contribution is 2.24.